The van der Waals surface area contributed by atoms with E-state index < -0.39 is 17.6 Å². The van der Waals surface area contributed by atoms with Crippen LogP contribution in [-0.2, 0) is 17.5 Å². The first-order valence-corrected chi connectivity index (χ1v) is 10.7. The molecule has 0 aliphatic carbocycles. The number of hydrogen-bond acceptors (Lipinski definition) is 3. The van der Waals surface area contributed by atoms with Gasteiger partial charge in [0, 0.05) is 48.5 Å². The lowest BCUT2D eigenvalue weighted by atomic mass is 10.1. The number of hydrogen-bond donors (Lipinski definition) is 1. The molecule has 8 heteroatoms. The van der Waals surface area contributed by atoms with E-state index in [1.54, 1.807) is 0 Å². The molecule has 0 radical (unpaired) electrons. The van der Waals surface area contributed by atoms with E-state index in [1.165, 1.54) is 12.1 Å². The van der Waals surface area contributed by atoms with Crippen LogP contribution in [0, 0.1) is 6.92 Å². The van der Waals surface area contributed by atoms with Crippen LogP contribution in [-0.4, -0.2) is 48.2 Å². The molecule has 1 N–H and O–H groups in total. The lowest BCUT2D eigenvalue weighted by Crippen LogP contribution is -2.37. The Morgan fingerprint density at radius 1 is 1.06 bits per heavy atom. The molecule has 1 fully saturated rings. The molecule has 1 amide bonds. The number of morpholine rings is 1. The molecule has 1 aliphatic heterocycles. The second kappa shape index (κ2) is 9.34. The maximum atomic E-state index is 13.1. The summed E-state index contributed by atoms with van der Waals surface area (Å²) >= 11 is 0. The number of ether oxygens (including phenoxy) is 1. The summed E-state index contributed by atoms with van der Waals surface area (Å²) in [4.78, 5) is 15.5. The van der Waals surface area contributed by atoms with Crippen LogP contribution in [0.15, 0.2) is 48.5 Å². The summed E-state index contributed by atoms with van der Waals surface area (Å²) in [5.41, 5.74) is 1.56. The number of aromatic nitrogens is 1. The fourth-order valence-electron chi connectivity index (χ4n) is 4.25. The van der Waals surface area contributed by atoms with Gasteiger partial charge in [0.05, 0.1) is 24.3 Å². The first-order valence-electron chi connectivity index (χ1n) is 10.7. The molecule has 1 aliphatic rings. The van der Waals surface area contributed by atoms with Crippen LogP contribution >= 0.6 is 0 Å². The Bertz CT molecular complexity index is 1100. The predicted octanol–water partition coefficient (Wildman–Crippen LogP) is 4.94. The molecule has 0 saturated carbocycles. The SMILES string of the molecule is Cc1c(C(=O)Nc2cccc(C(F)(F)F)c2)c2ccccc2n1CCCN1CCOCC1. The first-order chi connectivity index (χ1) is 15.3. The summed E-state index contributed by atoms with van der Waals surface area (Å²) in [5, 5.41) is 3.44. The highest BCUT2D eigenvalue weighted by atomic mass is 19.4. The van der Waals surface area contributed by atoms with Gasteiger partial charge in [-0.1, -0.05) is 24.3 Å². The molecular weight excluding hydrogens is 419 g/mol. The van der Waals surface area contributed by atoms with Crippen molar-refractivity contribution >= 4 is 22.5 Å². The van der Waals surface area contributed by atoms with Crippen LogP contribution in [0.5, 0.6) is 0 Å². The van der Waals surface area contributed by atoms with Crippen LogP contribution in [0.4, 0.5) is 18.9 Å². The van der Waals surface area contributed by atoms with E-state index in [2.05, 4.69) is 14.8 Å². The van der Waals surface area contributed by atoms with E-state index in [-0.39, 0.29) is 5.69 Å². The molecule has 0 spiro atoms. The Morgan fingerprint density at radius 3 is 2.56 bits per heavy atom. The van der Waals surface area contributed by atoms with Gasteiger partial charge in [-0.15, -0.1) is 0 Å². The number of benzene rings is 2. The largest absolute Gasteiger partial charge is 0.416 e. The van der Waals surface area contributed by atoms with Gasteiger partial charge in [-0.2, -0.15) is 13.2 Å². The number of alkyl halides is 3. The summed E-state index contributed by atoms with van der Waals surface area (Å²) in [6, 6.07) is 12.3. The monoisotopic (exact) mass is 445 g/mol. The number of aryl methyl sites for hydroxylation is 1. The van der Waals surface area contributed by atoms with Crippen LogP contribution < -0.4 is 5.32 Å². The van der Waals surface area contributed by atoms with Gasteiger partial charge in [0.15, 0.2) is 0 Å². The molecule has 1 aromatic heterocycles. The maximum absolute atomic E-state index is 13.1. The van der Waals surface area contributed by atoms with Crippen molar-refractivity contribution in [1.29, 1.82) is 0 Å². The van der Waals surface area contributed by atoms with Crippen molar-refractivity contribution in [3.05, 3.63) is 65.4 Å². The number of carbonyl (C=O) groups is 1. The standard InChI is InChI=1S/C24H26F3N3O2/c1-17-22(23(31)28-19-7-4-6-18(16-19)24(25,26)27)20-8-2-3-9-21(20)30(17)11-5-10-29-12-14-32-15-13-29/h2-4,6-9,16H,5,10-15H2,1H3,(H,28,31). The van der Waals surface area contributed by atoms with Crippen LogP contribution in [0.3, 0.4) is 0 Å². The van der Waals surface area contributed by atoms with Gasteiger partial charge in [-0.05, 0) is 37.6 Å². The zero-order valence-corrected chi connectivity index (χ0v) is 17.9. The molecule has 4 rings (SSSR count). The Balaban J connectivity index is 1.56. The predicted molar refractivity (Wildman–Crippen MR) is 118 cm³/mol. The summed E-state index contributed by atoms with van der Waals surface area (Å²) in [5.74, 6) is -0.412. The van der Waals surface area contributed by atoms with E-state index in [0.29, 0.717) is 5.56 Å². The highest BCUT2D eigenvalue weighted by molar-refractivity contribution is 6.14. The smallest absolute Gasteiger partial charge is 0.379 e. The average Bonchev–Trinajstić information content (AvgIpc) is 3.06. The minimum Gasteiger partial charge on any atom is -0.379 e. The van der Waals surface area contributed by atoms with Gasteiger partial charge >= 0.3 is 6.18 Å². The van der Waals surface area contributed by atoms with Crippen molar-refractivity contribution in [2.45, 2.75) is 26.1 Å². The van der Waals surface area contributed by atoms with Gasteiger partial charge in [0.25, 0.3) is 5.91 Å². The normalized spacial score (nSPS) is 15.2. The molecule has 0 atom stereocenters. The molecule has 1 saturated heterocycles. The summed E-state index contributed by atoms with van der Waals surface area (Å²) in [6.45, 7) is 6.94. The third-order valence-corrected chi connectivity index (χ3v) is 5.87. The number of halogens is 3. The molecular formula is C24H26F3N3O2. The zero-order valence-electron chi connectivity index (χ0n) is 17.9. The summed E-state index contributed by atoms with van der Waals surface area (Å²) < 4.78 is 46.6. The van der Waals surface area contributed by atoms with Crippen molar-refractivity contribution in [1.82, 2.24) is 9.47 Å². The van der Waals surface area contributed by atoms with Crippen molar-refractivity contribution < 1.29 is 22.7 Å². The molecule has 5 nitrogen and oxygen atoms in total. The third-order valence-electron chi connectivity index (χ3n) is 5.87. The molecule has 0 bridgehead atoms. The maximum Gasteiger partial charge on any atom is 0.416 e. The molecule has 32 heavy (non-hydrogen) atoms. The highest BCUT2D eigenvalue weighted by Gasteiger charge is 2.30. The van der Waals surface area contributed by atoms with Crippen LogP contribution in [0.2, 0.25) is 0 Å². The van der Waals surface area contributed by atoms with Gasteiger partial charge < -0.3 is 14.6 Å². The van der Waals surface area contributed by atoms with Crippen LogP contribution in [0.25, 0.3) is 10.9 Å². The molecule has 170 valence electrons. The van der Waals surface area contributed by atoms with Crippen molar-refractivity contribution in [3.8, 4) is 0 Å². The minimum absolute atomic E-state index is 0.119. The van der Waals surface area contributed by atoms with E-state index in [4.69, 9.17) is 4.74 Å². The third kappa shape index (κ3) is 4.81. The van der Waals surface area contributed by atoms with E-state index in [9.17, 15) is 18.0 Å². The van der Waals surface area contributed by atoms with Gasteiger partial charge in [0.1, 0.15) is 0 Å². The minimum atomic E-state index is -4.47. The van der Waals surface area contributed by atoms with Crippen molar-refractivity contribution in [3.63, 3.8) is 0 Å². The lowest BCUT2D eigenvalue weighted by Gasteiger charge is -2.26. The molecule has 0 unspecified atom stereocenters. The Kier molecular flexibility index (Phi) is 6.53. The molecule has 2 aromatic carbocycles. The second-order valence-electron chi connectivity index (χ2n) is 7.97. The number of rotatable bonds is 6. The Morgan fingerprint density at radius 2 is 1.81 bits per heavy atom. The number of nitrogens with one attached hydrogen (secondary N) is 1. The van der Waals surface area contributed by atoms with Crippen LogP contribution in [0.1, 0.15) is 28.0 Å². The number of para-hydroxylation sites is 1. The number of nitrogens with zero attached hydrogens (tertiary/aromatic N) is 2. The Labute approximate surface area is 184 Å². The second-order valence-corrected chi connectivity index (χ2v) is 7.97. The van der Waals surface area contributed by atoms with Gasteiger partial charge in [-0.3, -0.25) is 9.69 Å². The van der Waals surface area contributed by atoms with Crippen molar-refractivity contribution in [2.24, 2.45) is 0 Å². The summed E-state index contributed by atoms with van der Waals surface area (Å²) in [7, 11) is 0. The topological polar surface area (TPSA) is 46.5 Å². The van der Waals surface area contributed by atoms with Gasteiger partial charge in [0.2, 0.25) is 0 Å². The highest BCUT2D eigenvalue weighted by Crippen LogP contribution is 2.31. The Hall–Kier alpha value is -2.84. The fraction of sp³-hybridized carbons (Fsp3) is 0.375. The van der Waals surface area contributed by atoms with E-state index in [0.717, 1.165) is 74.5 Å². The van der Waals surface area contributed by atoms with Crippen molar-refractivity contribution in [2.75, 3.05) is 38.2 Å². The number of carbonyl (C=O) groups excluding carboxylic acids is 1. The number of amides is 1. The quantitative estimate of drug-likeness (QED) is 0.585. The van der Waals surface area contributed by atoms with Gasteiger partial charge in [-0.25, -0.2) is 0 Å². The average molecular weight is 445 g/mol. The zero-order chi connectivity index (χ0) is 22.7. The first kappa shape index (κ1) is 22.4. The van der Waals surface area contributed by atoms with E-state index in [1.807, 2.05) is 31.2 Å². The lowest BCUT2D eigenvalue weighted by molar-refractivity contribution is -0.137. The van der Waals surface area contributed by atoms with E-state index >= 15 is 0 Å². The summed E-state index contributed by atoms with van der Waals surface area (Å²) in [6.07, 6.45) is -3.54. The molecule has 2 heterocycles. The fourth-order valence-corrected chi connectivity index (χ4v) is 4.25. The number of anilines is 1. The molecule has 3 aromatic rings. The number of fused-ring (bicyclic) bond motifs is 1.